The summed E-state index contributed by atoms with van der Waals surface area (Å²) in [5.74, 6) is 0. The third-order valence-electron chi connectivity index (χ3n) is 6.95. The predicted molar refractivity (Wildman–Crippen MR) is 146 cm³/mol. The monoisotopic (exact) mass is 517 g/mol. The number of hydrogen-bond acceptors (Lipinski definition) is 3. The lowest BCUT2D eigenvalue weighted by molar-refractivity contribution is 0.0525. The molecule has 1 unspecified atom stereocenters. The number of ether oxygens (including phenoxy) is 1. The zero-order valence-corrected chi connectivity index (χ0v) is 21.9. The molecule has 2 aromatic heterocycles. The van der Waals surface area contributed by atoms with Crippen LogP contribution in [0.1, 0.15) is 22.4 Å². The molecule has 2 heterocycles. The number of benzene rings is 3. The molecule has 0 fully saturated rings. The van der Waals surface area contributed by atoms with Gasteiger partial charge in [0.15, 0.2) is 5.60 Å². The minimum absolute atomic E-state index is 0.0908. The number of pyridine rings is 1. The van der Waals surface area contributed by atoms with Crippen molar-refractivity contribution < 1.29 is 4.74 Å². The molecule has 7 heteroatoms. The first-order valence-electron chi connectivity index (χ1n) is 11.5. The summed E-state index contributed by atoms with van der Waals surface area (Å²) >= 11 is 12.7. The largest absolute Gasteiger partial charge is 0.362 e. The Labute approximate surface area is 219 Å². The van der Waals surface area contributed by atoms with Crippen LogP contribution in [0, 0.1) is 6.92 Å². The fourth-order valence-electron chi connectivity index (χ4n) is 4.99. The van der Waals surface area contributed by atoms with E-state index in [9.17, 15) is 4.79 Å². The zero-order valence-electron chi connectivity index (χ0n) is 20.4. The SMILES string of the molecule is COC(c1ccc(Cl)cc1)(c1ccc2c(c1)c(-c1cccc(Cl)c1C)cc(=O)n2C)c1cncn1C. The lowest BCUT2D eigenvalue weighted by Gasteiger charge is -2.34. The number of hydrogen-bond donors (Lipinski definition) is 0. The van der Waals surface area contributed by atoms with Gasteiger partial charge >= 0.3 is 0 Å². The van der Waals surface area contributed by atoms with E-state index in [0.29, 0.717) is 10.0 Å². The van der Waals surface area contributed by atoms with Gasteiger partial charge in [0, 0.05) is 42.7 Å². The first-order chi connectivity index (χ1) is 17.3. The summed E-state index contributed by atoms with van der Waals surface area (Å²) in [6.07, 6.45) is 3.57. The maximum atomic E-state index is 12.9. The van der Waals surface area contributed by atoms with Crippen molar-refractivity contribution in [3.63, 3.8) is 0 Å². The van der Waals surface area contributed by atoms with Crippen LogP contribution in [-0.4, -0.2) is 21.2 Å². The molecule has 0 aliphatic rings. The van der Waals surface area contributed by atoms with Crippen LogP contribution in [-0.2, 0) is 24.4 Å². The van der Waals surface area contributed by atoms with Crippen LogP contribution >= 0.6 is 23.2 Å². The second kappa shape index (κ2) is 9.25. The number of halogens is 2. The number of aryl methyl sites for hydroxylation is 2. The normalized spacial score (nSPS) is 13.2. The molecule has 1 atom stereocenters. The summed E-state index contributed by atoms with van der Waals surface area (Å²) in [5.41, 5.74) is 5.06. The van der Waals surface area contributed by atoms with Gasteiger partial charge in [-0.3, -0.25) is 4.79 Å². The average molecular weight is 518 g/mol. The lowest BCUT2D eigenvalue weighted by Crippen LogP contribution is -2.33. The van der Waals surface area contributed by atoms with E-state index in [4.69, 9.17) is 27.9 Å². The second-order valence-corrected chi connectivity index (χ2v) is 9.73. The van der Waals surface area contributed by atoms with Gasteiger partial charge in [0.1, 0.15) is 0 Å². The molecule has 36 heavy (non-hydrogen) atoms. The van der Waals surface area contributed by atoms with E-state index in [2.05, 4.69) is 11.1 Å². The van der Waals surface area contributed by atoms with E-state index in [1.54, 1.807) is 31.1 Å². The van der Waals surface area contributed by atoms with Crippen molar-refractivity contribution in [1.82, 2.24) is 14.1 Å². The highest BCUT2D eigenvalue weighted by Crippen LogP contribution is 2.42. The van der Waals surface area contributed by atoms with E-state index in [-0.39, 0.29) is 5.56 Å². The van der Waals surface area contributed by atoms with Crippen LogP contribution in [0.2, 0.25) is 10.0 Å². The Kier molecular flexibility index (Phi) is 6.25. The minimum atomic E-state index is -0.973. The van der Waals surface area contributed by atoms with Crippen LogP contribution in [0.3, 0.4) is 0 Å². The van der Waals surface area contributed by atoms with Crippen molar-refractivity contribution in [2.45, 2.75) is 12.5 Å². The Balaban J connectivity index is 1.88. The van der Waals surface area contributed by atoms with Crippen molar-refractivity contribution in [2.75, 3.05) is 7.11 Å². The van der Waals surface area contributed by atoms with Gasteiger partial charge < -0.3 is 13.9 Å². The molecule has 0 saturated heterocycles. The quantitative estimate of drug-likeness (QED) is 0.267. The zero-order chi connectivity index (χ0) is 25.6. The number of methoxy groups -OCH3 is 1. The number of aromatic nitrogens is 3. The highest BCUT2D eigenvalue weighted by molar-refractivity contribution is 6.31. The van der Waals surface area contributed by atoms with Gasteiger partial charge in [-0.05, 0) is 65.1 Å². The summed E-state index contributed by atoms with van der Waals surface area (Å²) in [4.78, 5) is 17.3. The third-order valence-corrected chi connectivity index (χ3v) is 7.61. The first-order valence-corrected chi connectivity index (χ1v) is 12.2. The molecule has 0 saturated carbocycles. The second-order valence-electron chi connectivity index (χ2n) is 8.88. The molecule has 5 aromatic rings. The summed E-state index contributed by atoms with van der Waals surface area (Å²) in [5, 5.41) is 2.21. The van der Waals surface area contributed by atoms with Gasteiger partial charge in [-0.15, -0.1) is 0 Å². The van der Waals surface area contributed by atoms with Crippen molar-refractivity contribution >= 4 is 34.1 Å². The molecule has 0 aliphatic heterocycles. The number of fused-ring (bicyclic) bond motifs is 1. The number of rotatable bonds is 5. The minimum Gasteiger partial charge on any atom is -0.362 e. The van der Waals surface area contributed by atoms with E-state index in [0.717, 1.165) is 44.4 Å². The van der Waals surface area contributed by atoms with Gasteiger partial charge in [-0.2, -0.15) is 0 Å². The molecule has 0 aliphatic carbocycles. The maximum Gasteiger partial charge on any atom is 0.251 e. The van der Waals surface area contributed by atoms with E-state index in [1.165, 1.54) is 0 Å². The molecular weight excluding hydrogens is 493 g/mol. The molecule has 5 rings (SSSR count). The smallest absolute Gasteiger partial charge is 0.251 e. The number of nitrogens with zero attached hydrogens (tertiary/aromatic N) is 3. The number of imidazole rings is 1. The molecule has 0 radical (unpaired) electrons. The summed E-state index contributed by atoms with van der Waals surface area (Å²) in [6.45, 7) is 1.97. The van der Waals surface area contributed by atoms with Gasteiger partial charge in [-0.1, -0.05) is 53.5 Å². The molecule has 0 bridgehead atoms. The van der Waals surface area contributed by atoms with Crippen molar-refractivity contribution in [1.29, 1.82) is 0 Å². The average Bonchev–Trinajstić information content (AvgIpc) is 3.31. The summed E-state index contributed by atoms with van der Waals surface area (Å²) in [6, 6.07) is 21.1. The molecule has 182 valence electrons. The van der Waals surface area contributed by atoms with Crippen LogP contribution in [0.4, 0.5) is 0 Å². The Bertz CT molecular complexity index is 1650. The van der Waals surface area contributed by atoms with Crippen LogP contribution in [0.5, 0.6) is 0 Å². The van der Waals surface area contributed by atoms with Crippen molar-refractivity contribution in [3.05, 3.63) is 122 Å². The molecule has 0 N–H and O–H groups in total. The fraction of sp³-hybridized carbons (Fsp3) is 0.172. The molecular formula is C29H25Cl2N3O2. The first kappa shape index (κ1) is 24.3. The fourth-order valence-corrected chi connectivity index (χ4v) is 5.29. The van der Waals surface area contributed by atoms with Gasteiger partial charge in [0.05, 0.1) is 23.7 Å². The Morgan fingerprint density at radius 3 is 2.31 bits per heavy atom. The summed E-state index contributed by atoms with van der Waals surface area (Å²) in [7, 11) is 5.41. The van der Waals surface area contributed by atoms with Gasteiger partial charge in [0.25, 0.3) is 5.56 Å². The van der Waals surface area contributed by atoms with Crippen LogP contribution in [0.15, 0.2) is 84.0 Å². The molecule has 3 aromatic carbocycles. The van der Waals surface area contributed by atoms with Crippen LogP contribution in [0.25, 0.3) is 22.0 Å². The lowest BCUT2D eigenvalue weighted by atomic mass is 9.82. The molecule has 5 nitrogen and oxygen atoms in total. The van der Waals surface area contributed by atoms with E-state index in [1.807, 2.05) is 79.3 Å². The van der Waals surface area contributed by atoms with Gasteiger partial charge in [0.2, 0.25) is 0 Å². The maximum absolute atomic E-state index is 12.9. The van der Waals surface area contributed by atoms with Crippen LogP contribution < -0.4 is 5.56 Å². The van der Waals surface area contributed by atoms with E-state index >= 15 is 0 Å². The van der Waals surface area contributed by atoms with Crippen molar-refractivity contribution in [3.8, 4) is 11.1 Å². The Morgan fingerprint density at radius 2 is 1.64 bits per heavy atom. The molecule has 0 amide bonds. The topological polar surface area (TPSA) is 49.1 Å². The van der Waals surface area contributed by atoms with Gasteiger partial charge in [-0.25, -0.2) is 4.98 Å². The van der Waals surface area contributed by atoms with E-state index < -0.39 is 5.60 Å². The third kappa shape index (κ3) is 3.75. The van der Waals surface area contributed by atoms with Crippen molar-refractivity contribution in [2.24, 2.45) is 14.1 Å². The Hall–Kier alpha value is -3.38. The highest BCUT2D eigenvalue weighted by Gasteiger charge is 2.39. The molecule has 0 spiro atoms. The summed E-state index contributed by atoms with van der Waals surface area (Å²) < 4.78 is 9.98. The predicted octanol–water partition coefficient (Wildman–Crippen LogP) is 6.49. The highest BCUT2D eigenvalue weighted by atomic mass is 35.5. The standard InChI is InChI=1S/C29H25Cl2N3O2/c1-18-22(6-5-7-25(18)31)23-15-28(35)34(3)26-13-10-20(14-24(23)26)29(36-4,27-16-32-17-33(27)2)19-8-11-21(30)12-9-19/h5-17H,1-4H3. The Morgan fingerprint density at radius 1 is 0.917 bits per heavy atom.